The van der Waals surface area contributed by atoms with Crippen molar-refractivity contribution in [1.29, 1.82) is 0 Å². The molecule has 3 aliphatic rings. The van der Waals surface area contributed by atoms with Gasteiger partial charge in [0.1, 0.15) is 5.73 Å². The summed E-state index contributed by atoms with van der Waals surface area (Å²) in [5.41, 5.74) is -0.201. The maximum atomic E-state index is 14.9. The first-order valence-electron chi connectivity index (χ1n) is 8.16. The first-order chi connectivity index (χ1) is 9.71. The summed E-state index contributed by atoms with van der Waals surface area (Å²) in [6.45, 7) is 7.87. The number of hydrogen-bond donors (Lipinski definition) is 0. The second kappa shape index (κ2) is 5.07. The molecule has 3 fully saturated rings. The molecule has 0 aliphatic carbocycles. The lowest BCUT2D eigenvalue weighted by Gasteiger charge is -2.45. The predicted octanol–water partition coefficient (Wildman–Crippen LogP) is 3.49. The van der Waals surface area contributed by atoms with Gasteiger partial charge < -0.3 is 9.31 Å². The van der Waals surface area contributed by atoms with Gasteiger partial charge in [0.05, 0.1) is 11.2 Å². The second-order valence-corrected chi connectivity index (χ2v) is 7.85. The summed E-state index contributed by atoms with van der Waals surface area (Å²) in [5.74, 6) is 0. The fraction of sp³-hybridized carbons (Fsp3) is 0.875. The molecule has 0 aromatic rings. The summed E-state index contributed by atoms with van der Waals surface area (Å²) in [6.07, 6.45) is 5.26. The normalized spacial score (nSPS) is 35.1. The molecule has 0 amide bonds. The summed E-state index contributed by atoms with van der Waals surface area (Å²) < 4.78 is 26.6. The van der Waals surface area contributed by atoms with Crippen molar-refractivity contribution in [3.8, 4) is 0 Å². The molecule has 2 atom stereocenters. The summed E-state index contributed by atoms with van der Waals surface area (Å²) >= 11 is 0. The lowest BCUT2D eigenvalue weighted by atomic mass is 9.76. The Labute approximate surface area is 128 Å². The lowest BCUT2D eigenvalue weighted by molar-refractivity contribution is 0.00578. The Kier molecular flexibility index (Phi) is 3.74. The van der Waals surface area contributed by atoms with Gasteiger partial charge >= 0.3 is 7.12 Å². The van der Waals surface area contributed by atoms with Crippen molar-refractivity contribution in [2.75, 3.05) is 7.05 Å². The van der Waals surface area contributed by atoms with Crippen molar-refractivity contribution in [2.24, 2.45) is 0 Å². The fourth-order valence-corrected chi connectivity index (χ4v) is 3.75. The first kappa shape index (κ1) is 15.5. The Morgan fingerprint density at radius 3 is 2.05 bits per heavy atom. The van der Waals surface area contributed by atoms with Crippen LogP contribution in [0.5, 0.6) is 0 Å². The average Bonchev–Trinajstić information content (AvgIpc) is 2.57. The monoisotopic (exact) mass is 295 g/mol. The number of nitrogens with zero attached hydrogens (tertiary/aromatic N) is 1. The van der Waals surface area contributed by atoms with Gasteiger partial charge in [0.2, 0.25) is 0 Å². The Hall–Kier alpha value is -0.385. The van der Waals surface area contributed by atoms with Gasteiger partial charge in [-0.15, -0.1) is 0 Å². The molecule has 5 heteroatoms. The van der Waals surface area contributed by atoms with Crippen LogP contribution in [0.3, 0.4) is 0 Å². The van der Waals surface area contributed by atoms with Crippen molar-refractivity contribution < 1.29 is 13.7 Å². The molecular formula is C16H27BFNO2. The molecule has 3 rings (SSSR count). The van der Waals surface area contributed by atoms with E-state index >= 15 is 0 Å². The Morgan fingerprint density at radius 1 is 1.10 bits per heavy atom. The molecule has 0 aromatic carbocycles. The highest BCUT2D eigenvalue weighted by Crippen LogP contribution is 2.42. The number of piperidine rings is 2. The minimum Gasteiger partial charge on any atom is -0.398 e. The number of rotatable bonds is 1. The van der Waals surface area contributed by atoms with Gasteiger partial charge in [0.15, 0.2) is 0 Å². The van der Waals surface area contributed by atoms with E-state index in [1.807, 2.05) is 27.7 Å². The van der Waals surface area contributed by atoms with Crippen LogP contribution in [0.1, 0.15) is 59.8 Å². The van der Waals surface area contributed by atoms with Crippen LogP contribution in [0.4, 0.5) is 4.39 Å². The smallest absolute Gasteiger partial charge is 0.398 e. The van der Waals surface area contributed by atoms with E-state index in [0.29, 0.717) is 12.1 Å². The number of fused-ring (bicyclic) bond motifs is 2. The largest absolute Gasteiger partial charge is 0.525 e. The van der Waals surface area contributed by atoms with Crippen LogP contribution in [-0.2, 0) is 9.31 Å². The summed E-state index contributed by atoms with van der Waals surface area (Å²) in [6, 6.07) is 0.973. The highest BCUT2D eigenvalue weighted by atomic mass is 19.1. The van der Waals surface area contributed by atoms with Crippen LogP contribution in [0.15, 0.2) is 11.3 Å². The standard InChI is InChI=1S/C16H27BFNO2/c1-15(2)16(3,4)21-17(20-15)14(18)11-9-12-7-6-8-13(10-11)19(12)5/h12-13H,6-10H2,1-5H3. The van der Waals surface area contributed by atoms with Gasteiger partial charge in [-0.1, -0.05) is 6.42 Å². The van der Waals surface area contributed by atoms with Crippen molar-refractivity contribution in [3.63, 3.8) is 0 Å². The van der Waals surface area contributed by atoms with Crippen molar-refractivity contribution in [1.82, 2.24) is 4.90 Å². The van der Waals surface area contributed by atoms with Gasteiger partial charge in [0.25, 0.3) is 0 Å². The lowest BCUT2D eigenvalue weighted by Crippen LogP contribution is -2.48. The molecule has 2 bridgehead atoms. The topological polar surface area (TPSA) is 21.7 Å². The Morgan fingerprint density at radius 2 is 1.57 bits per heavy atom. The zero-order valence-electron chi connectivity index (χ0n) is 13.9. The fourth-order valence-electron chi connectivity index (χ4n) is 3.75. The molecular weight excluding hydrogens is 268 g/mol. The summed E-state index contributed by atoms with van der Waals surface area (Å²) in [7, 11) is 1.35. The van der Waals surface area contributed by atoms with Crippen LogP contribution >= 0.6 is 0 Å². The van der Waals surface area contributed by atoms with Crippen LogP contribution in [0.2, 0.25) is 0 Å². The average molecular weight is 295 g/mol. The predicted molar refractivity (Wildman–Crippen MR) is 82.6 cm³/mol. The van der Waals surface area contributed by atoms with E-state index in [9.17, 15) is 4.39 Å². The van der Waals surface area contributed by atoms with Crippen molar-refractivity contribution in [3.05, 3.63) is 11.3 Å². The van der Waals surface area contributed by atoms with E-state index in [1.54, 1.807) is 0 Å². The highest BCUT2D eigenvalue weighted by molar-refractivity contribution is 6.53. The minimum atomic E-state index is -0.825. The van der Waals surface area contributed by atoms with E-state index in [2.05, 4.69) is 11.9 Å². The van der Waals surface area contributed by atoms with E-state index < -0.39 is 18.3 Å². The van der Waals surface area contributed by atoms with Gasteiger partial charge in [0, 0.05) is 12.1 Å². The molecule has 0 saturated carbocycles. The first-order valence-corrected chi connectivity index (χ1v) is 8.16. The maximum absolute atomic E-state index is 14.9. The Bertz CT molecular complexity index is 431. The van der Waals surface area contributed by atoms with Gasteiger partial charge in [-0.2, -0.15) is 0 Å². The minimum absolute atomic E-state index is 0.168. The zero-order valence-corrected chi connectivity index (χ0v) is 13.9. The molecule has 0 N–H and O–H groups in total. The molecule has 21 heavy (non-hydrogen) atoms. The molecule has 3 heterocycles. The third kappa shape index (κ3) is 2.58. The van der Waals surface area contributed by atoms with Gasteiger partial charge in [-0.05, 0) is 66.0 Å². The molecule has 118 valence electrons. The molecule has 3 saturated heterocycles. The van der Waals surface area contributed by atoms with E-state index in [1.165, 1.54) is 19.3 Å². The second-order valence-electron chi connectivity index (χ2n) is 7.85. The van der Waals surface area contributed by atoms with Crippen LogP contribution in [-0.4, -0.2) is 42.4 Å². The number of halogens is 1. The third-order valence-electron chi connectivity index (χ3n) is 5.99. The molecule has 3 aliphatic heterocycles. The van der Waals surface area contributed by atoms with Crippen molar-refractivity contribution in [2.45, 2.75) is 83.1 Å². The van der Waals surface area contributed by atoms with Crippen LogP contribution in [0, 0.1) is 0 Å². The van der Waals surface area contributed by atoms with E-state index in [-0.39, 0.29) is 5.73 Å². The molecule has 2 unspecified atom stereocenters. The molecule has 3 nitrogen and oxygen atoms in total. The number of hydrogen-bond acceptors (Lipinski definition) is 3. The Balaban J connectivity index is 1.80. The van der Waals surface area contributed by atoms with Crippen molar-refractivity contribution >= 4 is 7.12 Å². The maximum Gasteiger partial charge on any atom is 0.525 e. The van der Waals surface area contributed by atoms with Crippen LogP contribution < -0.4 is 0 Å². The SMILES string of the molecule is CN1C2CCCC1CC(=C(F)B1OC(C)(C)C(C)(C)O1)C2. The molecule has 0 spiro atoms. The molecule has 0 radical (unpaired) electrons. The molecule has 0 aromatic heterocycles. The quantitative estimate of drug-likeness (QED) is 0.691. The summed E-state index contributed by atoms with van der Waals surface area (Å²) in [4.78, 5) is 2.44. The highest BCUT2D eigenvalue weighted by Gasteiger charge is 2.54. The van der Waals surface area contributed by atoms with Crippen LogP contribution in [0.25, 0.3) is 0 Å². The third-order valence-corrected chi connectivity index (χ3v) is 5.99. The van der Waals surface area contributed by atoms with E-state index in [0.717, 1.165) is 18.4 Å². The zero-order chi connectivity index (χ0) is 15.4. The summed E-state index contributed by atoms with van der Waals surface area (Å²) in [5, 5.41) is 0. The van der Waals surface area contributed by atoms with Gasteiger partial charge in [-0.3, -0.25) is 4.90 Å². The van der Waals surface area contributed by atoms with E-state index in [4.69, 9.17) is 9.31 Å². The van der Waals surface area contributed by atoms with Gasteiger partial charge in [-0.25, -0.2) is 4.39 Å².